The summed E-state index contributed by atoms with van der Waals surface area (Å²) in [6, 6.07) is 0.369. The van der Waals surface area contributed by atoms with Crippen molar-refractivity contribution in [1.82, 2.24) is 9.97 Å². The van der Waals surface area contributed by atoms with Gasteiger partial charge in [0.05, 0.1) is 6.33 Å². The fraction of sp³-hybridized carbons (Fsp3) is 0.636. The minimum absolute atomic E-state index is 0.142. The van der Waals surface area contributed by atoms with Crippen LogP contribution in [0.1, 0.15) is 32.6 Å². The molecule has 1 aromatic heterocycles. The first kappa shape index (κ1) is 11.6. The van der Waals surface area contributed by atoms with Gasteiger partial charge in [-0.3, -0.25) is 4.79 Å². The van der Waals surface area contributed by atoms with Gasteiger partial charge in [-0.15, -0.1) is 0 Å². The largest absolute Gasteiger partial charge is 0.366 e. The van der Waals surface area contributed by atoms with Crippen LogP contribution in [0.25, 0.3) is 0 Å². The van der Waals surface area contributed by atoms with Gasteiger partial charge in [0.1, 0.15) is 10.3 Å². The molecule has 1 heterocycles. The van der Waals surface area contributed by atoms with E-state index in [0.717, 1.165) is 0 Å². The molecule has 0 aliphatic heterocycles. The van der Waals surface area contributed by atoms with E-state index in [4.69, 9.17) is 0 Å². The molecule has 1 fully saturated rings. The zero-order valence-corrected chi connectivity index (χ0v) is 10.9. The third kappa shape index (κ3) is 2.45. The number of aromatic nitrogens is 2. The van der Waals surface area contributed by atoms with Crippen molar-refractivity contribution in [2.45, 2.75) is 38.6 Å². The second kappa shape index (κ2) is 4.99. The van der Waals surface area contributed by atoms with Crippen LogP contribution in [0.2, 0.25) is 0 Å². The highest BCUT2D eigenvalue weighted by Crippen LogP contribution is 2.29. The van der Waals surface area contributed by atoms with Crippen molar-refractivity contribution in [3.8, 4) is 0 Å². The first-order valence-corrected chi connectivity index (χ1v) is 6.47. The molecular weight excluding hydrogens is 270 g/mol. The highest BCUT2D eigenvalue weighted by atomic mass is 79.9. The van der Waals surface area contributed by atoms with Gasteiger partial charge < -0.3 is 10.3 Å². The van der Waals surface area contributed by atoms with Gasteiger partial charge in [-0.25, -0.2) is 4.98 Å². The lowest BCUT2D eigenvalue weighted by Crippen LogP contribution is -2.26. The first-order valence-electron chi connectivity index (χ1n) is 5.68. The average molecular weight is 286 g/mol. The summed E-state index contributed by atoms with van der Waals surface area (Å²) in [6.45, 7) is 2.16. The Kier molecular flexibility index (Phi) is 3.63. The van der Waals surface area contributed by atoms with Crippen molar-refractivity contribution in [3.63, 3.8) is 0 Å². The molecule has 2 rings (SSSR count). The third-order valence-electron chi connectivity index (χ3n) is 3.27. The Hall–Kier alpha value is -0.840. The zero-order chi connectivity index (χ0) is 11.5. The van der Waals surface area contributed by atoms with E-state index in [0.29, 0.717) is 22.3 Å². The number of halogens is 1. The molecule has 0 saturated heterocycles. The summed E-state index contributed by atoms with van der Waals surface area (Å²) in [5.41, 5.74) is -0.142. The SMILES string of the molecule is CC(Nc1nc[nH]c(=O)c1Br)C1CCCC1. The van der Waals surface area contributed by atoms with Crippen LogP contribution in [0.3, 0.4) is 0 Å². The summed E-state index contributed by atoms with van der Waals surface area (Å²) >= 11 is 3.25. The van der Waals surface area contributed by atoms with Crippen molar-refractivity contribution in [1.29, 1.82) is 0 Å². The van der Waals surface area contributed by atoms with Crippen LogP contribution in [-0.4, -0.2) is 16.0 Å². The number of nitrogens with zero attached hydrogens (tertiary/aromatic N) is 1. The third-order valence-corrected chi connectivity index (χ3v) is 4.00. The summed E-state index contributed by atoms with van der Waals surface area (Å²) in [5, 5.41) is 3.31. The normalized spacial score (nSPS) is 18.6. The number of aromatic amines is 1. The Bertz CT molecular complexity index is 412. The first-order chi connectivity index (χ1) is 7.68. The minimum Gasteiger partial charge on any atom is -0.366 e. The van der Waals surface area contributed by atoms with E-state index in [1.165, 1.54) is 32.0 Å². The van der Waals surface area contributed by atoms with Crippen molar-refractivity contribution >= 4 is 21.7 Å². The van der Waals surface area contributed by atoms with Crippen LogP contribution >= 0.6 is 15.9 Å². The lowest BCUT2D eigenvalue weighted by molar-refractivity contribution is 0.481. The number of H-pyrrole nitrogens is 1. The highest BCUT2D eigenvalue weighted by molar-refractivity contribution is 9.10. The van der Waals surface area contributed by atoms with Crippen molar-refractivity contribution in [2.75, 3.05) is 5.32 Å². The molecule has 0 radical (unpaired) electrons. The predicted octanol–water partition coefficient (Wildman–Crippen LogP) is 2.52. The van der Waals surface area contributed by atoms with Crippen molar-refractivity contribution < 1.29 is 0 Å². The molecule has 88 valence electrons. The summed E-state index contributed by atoms with van der Waals surface area (Å²) in [7, 11) is 0. The molecule has 1 aliphatic rings. The van der Waals surface area contributed by atoms with Crippen LogP contribution in [0.5, 0.6) is 0 Å². The predicted molar refractivity (Wildman–Crippen MR) is 67.6 cm³/mol. The Morgan fingerprint density at radius 1 is 1.56 bits per heavy atom. The molecule has 16 heavy (non-hydrogen) atoms. The molecule has 0 spiro atoms. The maximum Gasteiger partial charge on any atom is 0.267 e. The monoisotopic (exact) mass is 285 g/mol. The number of hydrogen-bond acceptors (Lipinski definition) is 3. The van der Waals surface area contributed by atoms with E-state index in [2.05, 4.69) is 38.1 Å². The van der Waals surface area contributed by atoms with E-state index in [9.17, 15) is 4.79 Å². The number of anilines is 1. The second-order valence-corrected chi connectivity index (χ2v) is 5.16. The average Bonchev–Trinajstić information content (AvgIpc) is 2.78. The molecule has 0 amide bonds. The van der Waals surface area contributed by atoms with E-state index in [-0.39, 0.29) is 5.56 Å². The molecule has 0 aromatic carbocycles. The van der Waals surface area contributed by atoms with Gasteiger partial charge in [-0.2, -0.15) is 0 Å². The summed E-state index contributed by atoms with van der Waals surface area (Å²) in [5.74, 6) is 1.34. The molecule has 1 atom stereocenters. The van der Waals surface area contributed by atoms with E-state index >= 15 is 0 Å². The number of hydrogen-bond donors (Lipinski definition) is 2. The fourth-order valence-electron chi connectivity index (χ4n) is 2.27. The molecule has 4 nitrogen and oxygen atoms in total. The Morgan fingerprint density at radius 3 is 2.94 bits per heavy atom. The van der Waals surface area contributed by atoms with Gasteiger partial charge >= 0.3 is 0 Å². The van der Waals surface area contributed by atoms with Crippen LogP contribution in [0.4, 0.5) is 5.82 Å². The Labute approximate surface area is 103 Å². The van der Waals surface area contributed by atoms with Gasteiger partial charge in [-0.1, -0.05) is 12.8 Å². The van der Waals surface area contributed by atoms with Gasteiger partial charge in [0.2, 0.25) is 0 Å². The van der Waals surface area contributed by atoms with E-state index in [1.54, 1.807) is 0 Å². The molecule has 1 aliphatic carbocycles. The quantitative estimate of drug-likeness (QED) is 0.897. The summed E-state index contributed by atoms with van der Waals surface area (Å²) in [4.78, 5) is 18.0. The van der Waals surface area contributed by atoms with Crippen LogP contribution < -0.4 is 10.9 Å². The Balaban J connectivity index is 2.08. The molecule has 5 heteroatoms. The summed E-state index contributed by atoms with van der Waals surface area (Å²) < 4.78 is 0.486. The van der Waals surface area contributed by atoms with E-state index in [1.807, 2.05) is 0 Å². The van der Waals surface area contributed by atoms with Gasteiger partial charge in [0.15, 0.2) is 0 Å². The number of nitrogens with one attached hydrogen (secondary N) is 2. The summed E-state index contributed by atoms with van der Waals surface area (Å²) in [6.07, 6.45) is 6.61. The molecule has 1 unspecified atom stereocenters. The van der Waals surface area contributed by atoms with Crippen LogP contribution in [0.15, 0.2) is 15.6 Å². The topological polar surface area (TPSA) is 57.8 Å². The lowest BCUT2D eigenvalue weighted by Gasteiger charge is -2.21. The van der Waals surface area contributed by atoms with Crippen LogP contribution in [0, 0.1) is 5.92 Å². The smallest absolute Gasteiger partial charge is 0.267 e. The van der Waals surface area contributed by atoms with Crippen LogP contribution in [-0.2, 0) is 0 Å². The maximum absolute atomic E-state index is 11.4. The number of rotatable bonds is 3. The zero-order valence-electron chi connectivity index (χ0n) is 9.29. The molecule has 0 bridgehead atoms. The molecule has 2 N–H and O–H groups in total. The lowest BCUT2D eigenvalue weighted by atomic mass is 10.00. The van der Waals surface area contributed by atoms with Crippen molar-refractivity contribution in [3.05, 3.63) is 21.2 Å². The van der Waals surface area contributed by atoms with Crippen molar-refractivity contribution in [2.24, 2.45) is 5.92 Å². The van der Waals surface area contributed by atoms with Gasteiger partial charge in [-0.05, 0) is 41.6 Å². The van der Waals surface area contributed by atoms with Gasteiger partial charge in [0, 0.05) is 6.04 Å². The van der Waals surface area contributed by atoms with E-state index < -0.39 is 0 Å². The minimum atomic E-state index is -0.142. The molecular formula is C11H16BrN3O. The second-order valence-electron chi connectivity index (χ2n) is 4.37. The fourth-order valence-corrected chi connectivity index (χ4v) is 2.61. The highest BCUT2D eigenvalue weighted by Gasteiger charge is 2.22. The van der Waals surface area contributed by atoms with Gasteiger partial charge in [0.25, 0.3) is 5.56 Å². The standard InChI is InChI=1S/C11H16BrN3O/c1-7(8-4-2-3-5-8)15-10-9(12)11(16)14-6-13-10/h6-8H,2-5H2,1H3,(H2,13,14,15,16). The maximum atomic E-state index is 11.4. The molecule has 1 aromatic rings. The molecule has 1 saturated carbocycles. The Morgan fingerprint density at radius 2 is 2.25 bits per heavy atom.